The lowest BCUT2D eigenvalue weighted by Gasteiger charge is -2.24. The van der Waals surface area contributed by atoms with Gasteiger partial charge in [0.15, 0.2) is 0 Å². The fourth-order valence-corrected chi connectivity index (χ4v) is 5.21. The van der Waals surface area contributed by atoms with Crippen LogP contribution in [-0.2, 0) is 16.0 Å². The van der Waals surface area contributed by atoms with Crippen LogP contribution in [-0.4, -0.2) is 69.1 Å². The van der Waals surface area contributed by atoms with Gasteiger partial charge in [-0.05, 0) is 73.6 Å². The Hall–Kier alpha value is -5.06. The minimum Gasteiger partial charge on any atom is -0.497 e. The number of nitrogens with one attached hydrogen (secondary N) is 4. The predicted octanol–water partition coefficient (Wildman–Crippen LogP) is 4.05. The van der Waals surface area contributed by atoms with Crippen LogP contribution in [0.1, 0.15) is 65.8 Å². The van der Waals surface area contributed by atoms with Crippen molar-refractivity contribution < 1.29 is 33.4 Å². The lowest BCUT2D eigenvalue weighted by molar-refractivity contribution is -0.124. The van der Waals surface area contributed by atoms with Gasteiger partial charge in [-0.2, -0.15) is 0 Å². The van der Waals surface area contributed by atoms with Crippen LogP contribution < -0.4 is 35.5 Å². The number of ether oxygens (including phenoxy) is 3. The number of carbonyl (C=O) groups excluding carboxylic acids is 4. The first-order valence-corrected chi connectivity index (χ1v) is 16.5. The average Bonchev–Trinajstić information content (AvgIpc) is 3.09. The Morgan fingerprint density at radius 3 is 2.35 bits per heavy atom. The van der Waals surface area contributed by atoms with Crippen molar-refractivity contribution in [3.63, 3.8) is 0 Å². The highest BCUT2D eigenvalue weighted by molar-refractivity contribution is 6.00. The second-order valence-electron chi connectivity index (χ2n) is 12.0. The van der Waals surface area contributed by atoms with E-state index in [1.165, 1.54) is 0 Å². The van der Waals surface area contributed by atoms with Gasteiger partial charge in [-0.15, -0.1) is 0 Å². The maximum atomic E-state index is 13.5. The highest BCUT2D eigenvalue weighted by atomic mass is 16.5. The molecule has 1 aliphatic rings. The molecule has 11 heteroatoms. The van der Waals surface area contributed by atoms with Crippen molar-refractivity contribution in [3.05, 3.63) is 89.5 Å². The number of rotatable bonds is 7. The molecule has 1 heterocycles. The maximum Gasteiger partial charge on any atom is 0.255 e. The van der Waals surface area contributed by atoms with Crippen molar-refractivity contribution >= 4 is 23.6 Å². The van der Waals surface area contributed by atoms with E-state index in [0.29, 0.717) is 43.0 Å². The molecule has 0 aromatic heterocycles. The third-order valence-electron chi connectivity index (χ3n) is 8.05. The van der Waals surface area contributed by atoms with E-state index in [1.807, 2.05) is 38.1 Å². The minimum absolute atomic E-state index is 0.0114. The standard InChI is InChI=1S/C37H46N4O7/c1-25(2)31-24-48-33-17-7-4-14-28(33)35(43)38-21-10-22-47-32-16-6-5-15-29(32)36(44)41-30(18-19-34(42)40-31)37(45)39-20-9-12-26-11-8-13-27(23-26)46-3/h4-8,11,13-17,23,25,30-31H,9-10,12,18-22,24H2,1-3H3,(H,38,43)(H,39,45)(H,40,42)(H,41,44)/t30-,31+/m0/s1. The summed E-state index contributed by atoms with van der Waals surface area (Å²) >= 11 is 0. The smallest absolute Gasteiger partial charge is 0.255 e. The molecular formula is C37H46N4O7. The minimum atomic E-state index is -0.963. The summed E-state index contributed by atoms with van der Waals surface area (Å²) < 4.78 is 17.3. The molecule has 4 rings (SSSR count). The van der Waals surface area contributed by atoms with Crippen LogP contribution in [0.4, 0.5) is 0 Å². The monoisotopic (exact) mass is 658 g/mol. The van der Waals surface area contributed by atoms with Crippen LogP contribution in [0.25, 0.3) is 0 Å². The second-order valence-corrected chi connectivity index (χ2v) is 12.0. The van der Waals surface area contributed by atoms with Gasteiger partial charge >= 0.3 is 0 Å². The first-order valence-electron chi connectivity index (χ1n) is 16.5. The number of hydrogen-bond acceptors (Lipinski definition) is 7. The molecule has 0 saturated heterocycles. The van der Waals surface area contributed by atoms with Gasteiger partial charge in [0.05, 0.1) is 30.9 Å². The van der Waals surface area contributed by atoms with Crippen molar-refractivity contribution in [3.8, 4) is 17.2 Å². The number of benzene rings is 3. The Balaban J connectivity index is 1.49. The zero-order valence-corrected chi connectivity index (χ0v) is 27.9. The third kappa shape index (κ3) is 10.8. The van der Waals surface area contributed by atoms with Crippen molar-refractivity contribution in [1.82, 2.24) is 21.3 Å². The van der Waals surface area contributed by atoms with Gasteiger partial charge in [-0.25, -0.2) is 0 Å². The molecule has 0 unspecified atom stereocenters. The molecule has 0 radical (unpaired) electrons. The van der Waals surface area contributed by atoms with Crippen LogP contribution in [0.5, 0.6) is 17.2 Å². The SMILES string of the molecule is COc1cccc(CCCNC(=O)[C@@H]2CCC(=O)N[C@@H](C(C)C)COc3ccccc3C(=O)NCCCOc3ccccc3C(=O)N2)c1. The van der Waals surface area contributed by atoms with E-state index in [2.05, 4.69) is 21.3 Å². The molecule has 2 atom stereocenters. The van der Waals surface area contributed by atoms with Crippen LogP contribution in [0.2, 0.25) is 0 Å². The van der Waals surface area contributed by atoms with Crippen molar-refractivity contribution in [2.45, 2.75) is 58.0 Å². The molecule has 4 N–H and O–H groups in total. The Morgan fingerprint density at radius 2 is 1.62 bits per heavy atom. The Bertz CT molecular complexity index is 1540. The number of carbonyl (C=O) groups is 4. The van der Waals surface area contributed by atoms with E-state index in [0.717, 1.165) is 17.7 Å². The van der Waals surface area contributed by atoms with Crippen LogP contribution >= 0.6 is 0 Å². The van der Waals surface area contributed by atoms with E-state index < -0.39 is 11.9 Å². The molecule has 0 bridgehead atoms. The number of fused-ring (bicyclic) bond motifs is 2. The highest BCUT2D eigenvalue weighted by Crippen LogP contribution is 2.21. The number of para-hydroxylation sites is 2. The van der Waals surface area contributed by atoms with E-state index in [-0.39, 0.29) is 61.3 Å². The first-order chi connectivity index (χ1) is 23.2. The van der Waals surface area contributed by atoms with Gasteiger partial charge < -0.3 is 35.5 Å². The van der Waals surface area contributed by atoms with Gasteiger partial charge in [0.2, 0.25) is 11.8 Å². The molecule has 11 nitrogen and oxygen atoms in total. The molecule has 48 heavy (non-hydrogen) atoms. The average molecular weight is 659 g/mol. The Morgan fingerprint density at radius 1 is 0.917 bits per heavy atom. The van der Waals surface area contributed by atoms with Gasteiger partial charge in [-0.3, -0.25) is 19.2 Å². The number of hydrogen-bond donors (Lipinski definition) is 4. The predicted molar refractivity (Wildman–Crippen MR) is 182 cm³/mol. The quantitative estimate of drug-likeness (QED) is 0.281. The maximum absolute atomic E-state index is 13.5. The summed E-state index contributed by atoms with van der Waals surface area (Å²) in [6, 6.07) is 20.2. The lowest BCUT2D eigenvalue weighted by atomic mass is 10.0. The molecule has 256 valence electrons. The van der Waals surface area contributed by atoms with Gasteiger partial charge in [0, 0.05) is 19.5 Å². The van der Waals surface area contributed by atoms with Crippen LogP contribution in [0.15, 0.2) is 72.8 Å². The molecule has 1 aliphatic heterocycles. The van der Waals surface area contributed by atoms with E-state index in [4.69, 9.17) is 14.2 Å². The first kappa shape index (κ1) is 35.8. The van der Waals surface area contributed by atoms with Gasteiger partial charge in [0.1, 0.15) is 29.9 Å². The molecule has 0 spiro atoms. The highest BCUT2D eigenvalue weighted by Gasteiger charge is 2.25. The van der Waals surface area contributed by atoms with Crippen molar-refractivity contribution in [2.24, 2.45) is 5.92 Å². The van der Waals surface area contributed by atoms with Crippen LogP contribution in [0, 0.1) is 5.92 Å². The fraction of sp³-hybridized carbons (Fsp3) is 0.405. The lowest BCUT2D eigenvalue weighted by Crippen LogP contribution is -2.48. The molecule has 0 fully saturated rings. The molecule has 3 aromatic rings. The largest absolute Gasteiger partial charge is 0.497 e. The van der Waals surface area contributed by atoms with E-state index >= 15 is 0 Å². The Labute approximate surface area is 282 Å². The van der Waals surface area contributed by atoms with Gasteiger partial charge in [-0.1, -0.05) is 50.2 Å². The summed E-state index contributed by atoms with van der Waals surface area (Å²) in [5.74, 6) is 0.125. The fourth-order valence-electron chi connectivity index (χ4n) is 5.21. The summed E-state index contributed by atoms with van der Waals surface area (Å²) in [6.07, 6.45) is 1.97. The number of methoxy groups -OCH3 is 1. The second kappa shape index (κ2) is 18.3. The van der Waals surface area contributed by atoms with Crippen molar-refractivity contribution in [2.75, 3.05) is 33.4 Å². The summed E-state index contributed by atoms with van der Waals surface area (Å²) in [5.41, 5.74) is 1.74. The molecule has 0 aliphatic carbocycles. The topological polar surface area (TPSA) is 144 Å². The van der Waals surface area contributed by atoms with Crippen molar-refractivity contribution in [1.29, 1.82) is 0 Å². The van der Waals surface area contributed by atoms with E-state index in [9.17, 15) is 19.2 Å². The summed E-state index contributed by atoms with van der Waals surface area (Å²) in [5, 5.41) is 11.7. The normalized spacial score (nSPS) is 18.0. The summed E-state index contributed by atoms with van der Waals surface area (Å²) in [7, 11) is 1.62. The summed E-state index contributed by atoms with van der Waals surface area (Å²) in [4.78, 5) is 53.1. The summed E-state index contributed by atoms with van der Waals surface area (Å²) in [6.45, 7) is 5.05. The molecule has 3 aromatic carbocycles. The molecule has 4 amide bonds. The number of aryl methyl sites for hydroxylation is 1. The number of amides is 4. The zero-order valence-electron chi connectivity index (χ0n) is 27.9. The Kier molecular flexibility index (Phi) is 13.7. The third-order valence-corrected chi connectivity index (χ3v) is 8.05. The van der Waals surface area contributed by atoms with E-state index in [1.54, 1.807) is 55.6 Å². The van der Waals surface area contributed by atoms with Gasteiger partial charge in [0.25, 0.3) is 11.8 Å². The molecule has 0 saturated carbocycles. The zero-order chi connectivity index (χ0) is 34.3. The van der Waals surface area contributed by atoms with Crippen LogP contribution in [0.3, 0.4) is 0 Å². The molecular weight excluding hydrogens is 612 g/mol.